The first kappa shape index (κ1) is 8.48. The minimum atomic E-state index is 0.291. The van der Waals surface area contributed by atoms with E-state index >= 15 is 0 Å². The van der Waals surface area contributed by atoms with Crippen LogP contribution in [0.5, 0.6) is 0 Å². The van der Waals surface area contributed by atoms with E-state index in [-0.39, 0.29) is 0 Å². The molecule has 12 heavy (non-hydrogen) atoms. The molecule has 0 amide bonds. The molecule has 0 aromatic carbocycles. The minimum Gasteiger partial charge on any atom is -0.376 e. The van der Waals surface area contributed by atoms with Gasteiger partial charge in [0.05, 0.1) is 18.3 Å². The van der Waals surface area contributed by atoms with E-state index in [0.717, 1.165) is 19.4 Å². The summed E-state index contributed by atoms with van der Waals surface area (Å²) in [4.78, 5) is 0. The molecule has 2 rings (SSSR count). The maximum Gasteiger partial charge on any atom is 0.0842 e. The van der Waals surface area contributed by atoms with E-state index in [2.05, 4.69) is 0 Å². The average molecular weight is 171 g/mol. The van der Waals surface area contributed by atoms with Gasteiger partial charge in [-0.25, -0.2) is 0 Å². The first-order valence-corrected chi connectivity index (χ1v) is 4.87. The van der Waals surface area contributed by atoms with Crippen molar-refractivity contribution in [2.24, 2.45) is 5.73 Å². The second-order valence-corrected chi connectivity index (χ2v) is 3.66. The lowest BCUT2D eigenvalue weighted by Crippen LogP contribution is -2.28. The fraction of sp³-hybridized carbons (Fsp3) is 1.00. The molecule has 2 N–H and O–H groups in total. The Bertz CT molecular complexity index is 145. The summed E-state index contributed by atoms with van der Waals surface area (Å²) in [7, 11) is 0. The molecule has 3 heteroatoms. The Morgan fingerprint density at radius 2 is 2.08 bits per heavy atom. The molecule has 0 bridgehead atoms. The Kier molecular flexibility index (Phi) is 2.63. The van der Waals surface area contributed by atoms with Gasteiger partial charge in [0.1, 0.15) is 0 Å². The van der Waals surface area contributed by atoms with Crippen LogP contribution in [0, 0.1) is 0 Å². The fourth-order valence-corrected chi connectivity index (χ4v) is 2.08. The molecule has 3 atom stereocenters. The van der Waals surface area contributed by atoms with Gasteiger partial charge in [-0.15, -0.1) is 0 Å². The van der Waals surface area contributed by atoms with E-state index < -0.39 is 0 Å². The monoisotopic (exact) mass is 171 g/mol. The first-order chi connectivity index (χ1) is 5.90. The lowest BCUT2D eigenvalue weighted by molar-refractivity contribution is -0.0420. The highest BCUT2D eigenvalue weighted by atomic mass is 16.6. The smallest absolute Gasteiger partial charge is 0.0842 e. The predicted octanol–water partition coefficient (Wildman–Crippen LogP) is 0.672. The van der Waals surface area contributed by atoms with Crippen LogP contribution >= 0.6 is 0 Å². The summed E-state index contributed by atoms with van der Waals surface area (Å²) < 4.78 is 11.3. The summed E-state index contributed by atoms with van der Waals surface area (Å²) in [5, 5.41) is 0. The Balaban J connectivity index is 1.81. The zero-order valence-corrected chi connectivity index (χ0v) is 7.37. The van der Waals surface area contributed by atoms with E-state index in [4.69, 9.17) is 15.2 Å². The van der Waals surface area contributed by atoms with Crippen LogP contribution in [0.3, 0.4) is 0 Å². The SMILES string of the molecule is NC[C@H]1CC[C@@H]([C@@H]2CCCO2)O1. The van der Waals surface area contributed by atoms with Crippen LogP contribution in [-0.2, 0) is 9.47 Å². The quantitative estimate of drug-likeness (QED) is 0.664. The molecule has 3 nitrogen and oxygen atoms in total. The van der Waals surface area contributed by atoms with Gasteiger partial charge in [0.25, 0.3) is 0 Å². The topological polar surface area (TPSA) is 44.5 Å². The molecule has 0 spiro atoms. The maximum absolute atomic E-state index is 5.74. The number of rotatable bonds is 2. The van der Waals surface area contributed by atoms with Gasteiger partial charge in [-0.3, -0.25) is 0 Å². The van der Waals surface area contributed by atoms with Crippen molar-refractivity contribution < 1.29 is 9.47 Å². The summed E-state index contributed by atoms with van der Waals surface area (Å²) in [5.74, 6) is 0. The Morgan fingerprint density at radius 3 is 2.67 bits per heavy atom. The molecule has 2 aliphatic rings. The minimum absolute atomic E-state index is 0.291. The van der Waals surface area contributed by atoms with Gasteiger partial charge in [0.15, 0.2) is 0 Å². The Morgan fingerprint density at radius 1 is 1.17 bits per heavy atom. The summed E-state index contributed by atoms with van der Waals surface area (Å²) in [6, 6.07) is 0. The number of ether oxygens (including phenoxy) is 2. The van der Waals surface area contributed by atoms with Crippen LogP contribution in [0.2, 0.25) is 0 Å². The number of hydrogen-bond acceptors (Lipinski definition) is 3. The van der Waals surface area contributed by atoms with Gasteiger partial charge in [-0.05, 0) is 25.7 Å². The van der Waals surface area contributed by atoms with Crippen LogP contribution in [-0.4, -0.2) is 31.5 Å². The zero-order valence-electron chi connectivity index (χ0n) is 7.37. The van der Waals surface area contributed by atoms with E-state index in [1.807, 2.05) is 0 Å². The van der Waals surface area contributed by atoms with Crippen LogP contribution in [0.1, 0.15) is 25.7 Å². The van der Waals surface area contributed by atoms with Crippen molar-refractivity contribution in [1.29, 1.82) is 0 Å². The largest absolute Gasteiger partial charge is 0.376 e. The van der Waals surface area contributed by atoms with Gasteiger partial charge in [0.2, 0.25) is 0 Å². The maximum atomic E-state index is 5.74. The number of nitrogens with two attached hydrogens (primary N) is 1. The van der Waals surface area contributed by atoms with Crippen molar-refractivity contribution in [3.8, 4) is 0 Å². The molecule has 0 aromatic heterocycles. The van der Waals surface area contributed by atoms with Crippen LogP contribution in [0.15, 0.2) is 0 Å². The molecule has 0 saturated carbocycles. The van der Waals surface area contributed by atoms with Crippen molar-refractivity contribution in [2.75, 3.05) is 13.2 Å². The second-order valence-electron chi connectivity index (χ2n) is 3.66. The lowest BCUT2D eigenvalue weighted by atomic mass is 10.1. The molecule has 2 saturated heterocycles. The molecule has 0 aliphatic carbocycles. The second kappa shape index (κ2) is 3.73. The first-order valence-electron chi connectivity index (χ1n) is 4.87. The lowest BCUT2D eigenvalue weighted by Gasteiger charge is -2.18. The van der Waals surface area contributed by atoms with Gasteiger partial charge in [-0.2, -0.15) is 0 Å². The standard InChI is InChI=1S/C9H17NO2/c10-6-7-3-4-9(12-7)8-2-1-5-11-8/h7-9H,1-6,10H2/t7-,8+,9+/m1/s1. The molecule has 0 unspecified atom stereocenters. The zero-order chi connectivity index (χ0) is 8.39. The van der Waals surface area contributed by atoms with Crippen molar-refractivity contribution in [1.82, 2.24) is 0 Å². The molecular formula is C9H17NO2. The third-order valence-corrected chi connectivity index (χ3v) is 2.78. The van der Waals surface area contributed by atoms with Crippen molar-refractivity contribution in [3.05, 3.63) is 0 Å². The van der Waals surface area contributed by atoms with E-state index in [1.54, 1.807) is 0 Å². The third kappa shape index (κ3) is 1.63. The molecule has 2 heterocycles. The van der Waals surface area contributed by atoms with Gasteiger partial charge in [-0.1, -0.05) is 0 Å². The summed E-state index contributed by atoms with van der Waals surface area (Å²) in [6.45, 7) is 1.57. The third-order valence-electron chi connectivity index (χ3n) is 2.78. The fourth-order valence-electron chi connectivity index (χ4n) is 2.08. The highest BCUT2D eigenvalue weighted by Crippen LogP contribution is 2.28. The van der Waals surface area contributed by atoms with Crippen LogP contribution in [0.4, 0.5) is 0 Å². The van der Waals surface area contributed by atoms with Crippen molar-refractivity contribution >= 4 is 0 Å². The van der Waals surface area contributed by atoms with E-state index in [9.17, 15) is 0 Å². The molecule has 70 valence electrons. The summed E-state index contributed by atoms with van der Waals surface area (Å²) >= 11 is 0. The van der Waals surface area contributed by atoms with Gasteiger partial charge >= 0.3 is 0 Å². The van der Waals surface area contributed by atoms with Gasteiger partial charge in [0, 0.05) is 13.2 Å². The molecule has 2 fully saturated rings. The molecule has 0 aromatic rings. The van der Waals surface area contributed by atoms with E-state index in [1.165, 1.54) is 12.8 Å². The van der Waals surface area contributed by atoms with Crippen molar-refractivity contribution in [3.63, 3.8) is 0 Å². The summed E-state index contributed by atoms with van der Waals surface area (Å²) in [5.41, 5.74) is 5.53. The predicted molar refractivity (Wildman–Crippen MR) is 45.9 cm³/mol. The van der Waals surface area contributed by atoms with Crippen molar-refractivity contribution in [2.45, 2.75) is 44.0 Å². The molecular weight excluding hydrogens is 154 g/mol. The van der Waals surface area contributed by atoms with Gasteiger partial charge < -0.3 is 15.2 Å². The number of hydrogen-bond donors (Lipinski definition) is 1. The molecule has 0 radical (unpaired) electrons. The Labute approximate surface area is 73.2 Å². The average Bonchev–Trinajstić information content (AvgIpc) is 2.75. The van der Waals surface area contributed by atoms with Crippen LogP contribution in [0.25, 0.3) is 0 Å². The molecule has 2 aliphatic heterocycles. The highest BCUT2D eigenvalue weighted by molar-refractivity contribution is 4.82. The Hall–Kier alpha value is -0.120. The van der Waals surface area contributed by atoms with E-state index in [0.29, 0.717) is 24.9 Å². The highest BCUT2D eigenvalue weighted by Gasteiger charge is 2.33. The normalized spacial score (nSPS) is 42.2. The summed E-state index contributed by atoms with van der Waals surface area (Å²) in [6.07, 6.45) is 5.59. The van der Waals surface area contributed by atoms with Crippen LogP contribution < -0.4 is 5.73 Å².